The van der Waals surface area contributed by atoms with Gasteiger partial charge in [-0.1, -0.05) is 205 Å². The van der Waals surface area contributed by atoms with E-state index in [0.29, 0.717) is 0 Å². The molecule has 1 aliphatic rings. The molecular formula is C64H45N. The van der Waals surface area contributed by atoms with Gasteiger partial charge >= 0.3 is 0 Å². The zero-order valence-electron chi connectivity index (χ0n) is 36.5. The van der Waals surface area contributed by atoms with Crippen molar-refractivity contribution in [1.29, 1.82) is 0 Å². The molecule has 0 spiro atoms. The summed E-state index contributed by atoms with van der Waals surface area (Å²) in [6.07, 6.45) is 0. The molecule has 0 amide bonds. The van der Waals surface area contributed by atoms with Crippen LogP contribution in [0.5, 0.6) is 0 Å². The fourth-order valence-corrected chi connectivity index (χ4v) is 10.3. The molecule has 1 nitrogen and oxygen atoms in total. The maximum Gasteiger partial charge on any atom is 0.0473 e. The van der Waals surface area contributed by atoms with Crippen molar-refractivity contribution in [3.05, 3.63) is 248 Å². The van der Waals surface area contributed by atoms with Crippen LogP contribution in [-0.2, 0) is 0 Å². The first kappa shape index (κ1) is 38.4. The zero-order chi connectivity index (χ0) is 43.4. The number of hydrogen-bond acceptors (Lipinski definition) is 1. The lowest BCUT2D eigenvalue weighted by Gasteiger charge is -2.27. The molecule has 0 aromatic heterocycles. The van der Waals surface area contributed by atoms with E-state index < -0.39 is 0 Å². The van der Waals surface area contributed by atoms with Crippen LogP contribution in [0.3, 0.4) is 0 Å². The second-order valence-corrected chi connectivity index (χ2v) is 17.4. The van der Waals surface area contributed by atoms with E-state index in [1.807, 2.05) is 0 Å². The van der Waals surface area contributed by atoms with E-state index in [4.69, 9.17) is 0 Å². The highest BCUT2D eigenvalue weighted by Gasteiger charge is 2.31. The molecule has 0 bridgehead atoms. The number of aryl methyl sites for hydroxylation is 2. The lowest BCUT2D eigenvalue weighted by atomic mass is 9.82. The van der Waals surface area contributed by atoms with Gasteiger partial charge in [0.05, 0.1) is 0 Å². The predicted molar refractivity (Wildman–Crippen MR) is 277 cm³/mol. The van der Waals surface area contributed by atoms with E-state index in [-0.39, 0.29) is 0 Å². The number of fused-ring (bicyclic) bond motifs is 4. The molecule has 0 N–H and O–H groups in total. The van der Waals surface area contributed by atoms with Crippen molar-refractivity contribution in [1.82, 2.24) is 0 Å². The Balaban J connectivity index is 1.07. The molecule has 0 saturated carbocycles. The minimum atomic E-state index is 1.10. The Labute approximate surface area is 381 Å². The van der Waals surface area contributed by atoms with Crippen LogP contribution in [0.4, 0.5) is 17.1 Å². The Morgan fingerprint density at radius 3 is 1.25 bits per heavy atom. The number of anilines is 3. The summed E-state index contributed by atoms with van der Waals surface area (Å²) in [6.45, 7) is 4.30. The standard InChI is InChI=1S/C64H45N/c1-42-28-32-44(33-29-42)49-38-50(45-34-30-43(2)31-35-45)41-53(40-49)65(51-21-10-5-11-22-51)52-23-14-20-48(39-52)54-36-37-59-62-55(54)26-15-27-58(62)63-60(46-16-6-3-7-17-46)56-24-12-13-25-57(56)61(64(59)63)47-18-8-4-9-19-47/h3-41H,1-2H3. The monoisotopic (exact) mass is 827 g/mol. The maximum atomic E-state index is 2.42. The summed E-state index contributed by atoms with van der Waals surface area (Å²) in [7, 11) is 0. The molecule has 0 aliphatic heterocycles. The highest BCUT2D eigenvalue weighted by Crippen LogP contribution is 2.58. The van der Waals surface area contributed by atoms with Crippen LogP contribution in [0.15, 0.2) is 237 Å². The van der Waals surface area contributed by atoms with Crippen LogP contribution in [0.1, 0.15) is 11.1 Å². The molecule has 0 fully saturated rings. The summed E-state index contributed by atoms with van der Waals surface area (Å²) in [5.41, 5.74) is 23.2. The molecule has 306 valence electrons. The molecule has 12 rings (SSSR count). The van der Waals surface area contributed by atoms with Crippen molar-refractivity contribution in [3.8, 4) is 77.9 Å². The van der Waals surface area contributed by atoms with E-state index in [2.05, 4.69) is 255 Å². The Hall–Kier alpha value is -8.26. The van der Waals surface area contributed by atoms with Crippen molar-refractivity contribution in [2.75, 3.05) is 4.90 Å². The van der Waals surface area contributed by atoms with Crippen LogP contribution in [-0.4, -0.2) is 0 Å². The van der Waals surface area contributed by atoms with Crippen molar-refractivity contribution < 1.29 is 0 Å². The van der Waals surface area contributed by atoms with Gasteiger partial charge in [-0.05, 0) is 156 Å². The summed E-state index contributed by atoms with van der Waals surface area (Å²) in [4.78, 5) is 2.42. The fraction of sp³-hybridized carbons (Fsp3) is 0.0312. The average molecular weight is 828 g/mol. The number of para-hydroxylation sites is 1. The van der Waals surface area contributed by atoms with Gasteiger partial charge in [0, 0.05) is 17.1 Å². The third kappa shape index (κ3) is 6.64. The highest BCUT2D eigenvalue weighted by molar-refractivity contribution is 6.28. The van der Waals surface area contributed by atoms with Gasteiger partial charge in [0.1, 0.15) is 0 Å². The van der Waals surface area contributed by atoms with Gasteiger partial charge in [0.15, 0.2) is 0 Å². The number of hydrogen-bond donors (Lipinski definition) is 0. The summed E-state index contributed by atoms with van der Waals surface area (Å²) in [5.74, 6) is 0. The summed E-state index contributed by atoms with van der Waals surface area (Å²) < 4.78 is 0. The predicted octanol–water partition coefficient (Wildman–Crippen LogP) is 18.1. The lowest BCUT2D eigenvalue weighted by Crippen LogP contribution is -2.10. The minimum absolute atomic E-state index is 1.10. The Morgan fingerprint density at radius 2 is 0.677 bits per heavy atom. The van der Waals surface area contributed by atoms with Gasteiger partial charge in [0.25, 0.3) is 0 Å². The molecule has 0 saturated heterocycles. The van der Waals surface area contributed by atoms with Crippen molar-refractivity contribution in [2.24, 2.45) is 0 Å². The molecular weight excluding hydrogens is 783 g/mol. The van der Waals surface area contributed by atoms with Gasteiger partial charge in [-0.2, -0.15) is 0 Å². The molecule has 1 heteroatoms. The van der Waals surface area contributed by atoms with E-state index in [1.165, 1.54) is 111 Å². The van der Waals surface area contributed by atoms with E-state index in [9.17, 15) is 0 Å². The lowest BCUT2D eigenvalue weighted by molar-refractivity contribution is 1.28. The van der Waals surface area contributed by atoms with Crippen LogP contribution in [0.25, 0.3) is 99.4 Å². The minimum Gasteiger partial charge on any atom is -0.310 e. The van der Waals surface area contributed by atoms with Gasteiger partial charge in [-0.3, -0.25) is 0 Å². The molecule has 0 unspecified atom stereocenters. The SMILES string of the molecule is Cc1ccc(-c2cc(-c3ccc(C)cc3)cc(N(c3ccccc3)c3cccc(-c4ccc5c6c(cccc46)-c4c-5c(-c5ccccc5)c5ccccc5c4-c4ccccc4)c3)c2)cc1. The Kier molecular flexibility index (Phi) is 9.35. The molecule has 65 heavy (non-hydrogen) atoms. The highest BCUT2D eigenvalue weighted by atomic mass is 15.1. The molecule has 0 atom stereocenters. The Morgan fingerprint density at radius 1 is 0.246 bits per heavy atom. The summed E-state index contributed by atoms with van der Waals surface area (Å²) in [5, 5.41) is 5.10. The normalized spacial score (nSPS) is 11.5. The van der Waals surface area contributed by atoms with Gasteiger partial charge < -0.3 is 4.90 Å². The van der Waals surface area contributed by atoms with Crippen LogP contribution in [0.2, 0.25) is 0 Å². The van der Waals surface area contributed by atoms with Gasteiger partial charge in [0.2, 0.25) is 0 Å². The molecule has 0 heterocycles. The third-order valence-corrected chi connectivity index (χ3v) is 13.3. The van der Waals surface area contributed by atoms with Crippen molar-refractivity contribution in [3.63, 3.8) is 0 Å². The number of nitrogens with zero attached hydrogens (tertiary/aromatic N) is 1. The molecule has 11 aromatic carbocycles. The topological polar surface area (TPSA) is 3.24 Å². The van der Waals surface area contributed by atoms with E-state index >= 15 is 0 Å². The molecule has 0 radical (unpaired) electrons. The fourth-order valence-electron chi connectivity index (χ4n) is 10.3. The second kappa shape index (κ2) is 15.8. The van der Waals surface area contributed by atoms with Crippen LogP contribution >= 0.6 is 0 Å². The number of benzene rings is 11. The first-order valence-electron chi connectivity index (χ1n) is 22.6. The first-order valence-corrected chi connectivity index (χ1v) is 22.6. The largest absolute Gasteiger partial charge is 0.310 e. The number of rotatable bonds is 8. The Bertz CT molecular complexity index is 3410. The van der Waals surface area contributed by atoms with Crippen LogP contribution < -0.4 is 4.90 Å². The zero-order valence-corrected chi connectivity index (χ0v) is 36.5. The smallest absolute Gasteiger partial charge is 0.0473 e. The quantitative estimate of drug-likeness (QED) is 0.147. The maximum absolute atomic E-state index is 2.42. The van der Waals surface area contributed by atoms with Gasteiger partial charge in [-0.25, -0.2) is 0 Å². The average Bonchev–Trinajstić information content (AvgIpc) is 3.69. The van der Waals surface area contributed by atoms with E-state index in [0.717, 1.165) is 17.1 Å². The van der Waals surface area contributed by atoms with Gasteiger partial charge in [-0.15, -0.1) is 0 Å². The summed E-state index contributed by atoms with van der Waals surface area (Å²) in [6, 6.07) is 87.3. The summed E-state index contributed by atoms with van der Waals surface area (Å²) >= 11 is 0. The van der Waals surface area contributed by atoms with Crippen molar-refractivity contribution >= 4 is 38.6 Å². The molecule has 1 aliphatic carbocycles. The third-order valence-electron chi connectivity index (χ3n) is 13.3. The van der Waals surface area contributed by atoms with E-state index in [1.54, 1.807) is 0 Å². The molecule has 11 aromatic rings. The first-order chi connectivity index (χ1) is 32.1. The van der Waals surface area contributed by atoms with Crippen molar-refractivity contribution in [2.45, 2.75) is 13.8 Å². The second-order valence-electron chi connectivity index (χ2n) is 17.4. The van der Waals surface area contributed by atoms with Crippen LogP contribution in [0, 0.1) is 13.8 Å².